The predicted octanol–water partition coefficient (Wildman–Crippen LogP) is 3.48. The summed E-state index contributed by atoms with van der Waals surface area (Å²) in [6.45, 7) is 0. The number of aryl methyl sites for hydroxylation is 1. The van der Waals surface area contributed by atoms with Crippen LogP contribution in [0.15, 0.2) is 40.2 Å². The summed E-state index contributed by atoms with van der Waals surface area (Å²) in [4.78, 5) is 4.28. The second-order valence-corrected chi connectivity index (χ2v) is 5.42. The van der Waals surface area contributed by atoms with Crippen molar-refractivity contribution >= 4 is 27.7 Å². The molecule has 0 aliphatic rings. The van der Waals surface area contributed by atoms with E-state index in [1.807, 2.05) is 29.9 Å². The molecule has 17 heavy (non-hydrogen) atoms. The van der Waals surface area contributed by atoms with Crippen molar-refractivity contribution in [2.75, 3.05) is 7.11 Å². The first-order valence-electron chi connectivity index (χ1n) is 5.13. The molecule has 1 aromatic carbocycles. The lowest BCUT2D eigenvalue weighted by Gasteiger charge is -2.08. The van der Waals surface area contributed by atoms with Crippen molar-refractivity contribution in [1.29, 1.82) is 0 Å². The van der Waals surface area contributed by atoms with Crippen molar-refractivity contribution in [2.45, 2.75) is 10.9 Å². The van der Waals surface area contributed by atoms with Gasteiger partial charge in [0, 0.05) is 35.2 Å². The lowest BCUT2D eigenvalue weighted by molar-refractivity contribution is 0.411. The first-order chi connectivity index (χ1) is 8.20. The summed E-state index contributed by atoms with van der Waals surface area (Å²) >= 11 is 5.17. The fourth-order valence-electron chi connectivity index (χ4n) is 1.49. The summed E-state index contributed by atoms with van der Waals surface area (Å²) in [5.41, 5.74) is 1.16. The summed E-state index contributed by atoms with van der Waals surface area (Å²) < 4.78 is 8.41. The zero-order chi connectivity index (χ0) is 12.3. The number of hydrogen-bond donors (Lipinski definition) is 0. The van der Waals surface area contributed by atoms with Gasteiger partial charge in [0.1, 0.15) is 5.75 Å². The molecule has 2 aromatic rings. The first kappa shape index (κ1) is 12.5. The quantitative estimate of drug-likeness (QED) is 0.809. The molecular formula is C12H13BrN2OS. The average Bonchev–Trinajstić information content (AvgIpc) is 2.72. The molecule has 0 aliphatic heterocycles. The number of ether oxygens (including phenoxy) is 1. The fraction of sp³-hybridized carbons (Fsp3) is 0.250. The molecule has 0 bridgehead atoms. The molecular weight excluding hydrogens is 300 g/mol. The second-order valence-electron chi connectivity index (χ2n) is 3.57. The minimum absolute atomic E-state index is 0.841. The van der Waals surface area contributed by atoms with Crippen molar-refractivity contribution < 1.29 is 4.74 Å². The standard InChI is InChI=1S/C12H13BrN2OS/c1-15-6-5-14-12(15)17-8-9-7-10(13)3-4-11(9)16-2/h3-7H,8H2,1-2H3. The van der Waals surface area contributed by atoms with Gasteiger partial charge in [-0.15, -0.1) is 0 Å². The molecule has 0 amide bonds. The van der Waals surface area contributed by atoms with Crippen molar-refractivity contribution in [2.24, 2.45) is 7.05 Å². The van der Waals surface area contributed by atoms with Crippen LogP contribution in [-0.4, -0.2) is 16.7 Å². The highest BCUT2D eigenvalue weighted by Crippen LogP contribution is 2.29. The van der Waals surface area contributed by atoms with Gasteiger partial charge in [-0.25, -0.2) is 4.98 Å². The molecule has 0 saturated carbocycles. The minimum atomic E-state index is 0.841. The highest BCUT2D eigenvalue weighted by Gasteiger charge is 2.06. The highest BCUT2D eigenvalue weighted by atomic mass is 79.9. The SMILES string of the molecule is COc1ccc(Br)cc1CSc1nccn1C. The molecule has 0 fully saturated rings. The number of thioether (sulfide) groups is 1. The van der Waals surface area contributed by atoms with Crippen LogP contribution in [0.25, 0.3) is 0 Å². The van der Waals surface area contributed by atoms with Crippen LogP contribution in [0.1, 0.15) is 5.56 Å². The summed E-state index contributed by atoms with van der Waals surface area (Å²) in [6, 6.07) is 6.03. The lowest BCUT2D eigenvalue weighted by Crippen LogP contribution is -1.93. The summed E-state index contributed by atoms with van der Waals surface area (Å²) in [7, 11) is 3.69. The molecule has 0 atom stereocenters. The Bertz CT molecular complexity index is 513. The van der Waals surface area contributed by atoms with Gasteiger partial charge < -0.3 is 9.30 Å². The maximum Gasteiger partial charge on any atom is 0.167 e. The first-order valence-corrected chi connectivity index (χ1v) is 6.91. The van der Waals surface area contributed by atoms with E-state index in [0.717, 1.165) is 26.7 Å². The summed E-state index contributed by atoms with van der Waals surface area (Å²) in [5, 5.41) is 1.01. The Hall–Kier alpha value is -0.940. The van der Waals surface area contributed by atoms with Crippen LogP contribution in [0.4, 0.5) is 0 Å². The predicted molar refractivity (Wildman–Crippen MR) is 73.5 cm³/mol. The van der Waals surface area contributed by atoms with E-state index in [9.17, 15) is 0 Å². The van der Waals surface area contributed by atoms with Crippen molar-refractivity contribution in [3.63, 3.8) is 0 Å². The third kappa shape index (κ3) is 3.04. The fourth-order valence-corrected chi connectivity index (χ4v) is 2.81. The molecule has 0 spiro atoms. The maximum absolute atomic E-state index is 5.34. The molecule has 90 valence electrons. The number of imidazole rings is 1. The molecule has 0 N–H and O–H groups in total. The largest absolute Gasteiger partial charge is 0.496 e. The number of benzene rings is 1. The number of halogens is 1. The van der Waals surface area contributed by atoms with Gasteiger partial charge in [0.25, 0.3) is 0 Å². The monoisotopic (exact) mass is 312 g/mol. The summed E-state index contributed by atoms with van der Waals surface area (Å²) in [5.74, 6) is 1.75. The number of methoxy groups -OCH3 is 1. The zero-order valence-electron chi connectivity index (χ0n) is 9.68. The van der Waals surface area contributed by atoms with Crippen molar-refractivity contribution in [1.82, 2.24) is 9.55 Å². The molecule has 0 radical (unpaired) electrons. The van der Waals surface area contributed by atoms with Gasteiger partial charge in [-0.3, -0.25) is 0 Å². The van der Waals surface area contributed by atoms with Gasteiger partial charge in [0.15, 0.2) is 5.16 Å². The van der Waals surface area contributed by atoms with Crippen LogP contribution < -0.4 is 4.74 Å². The molecule has 1 aromatic heterocycles. The molecule has 2 rings (SSSR count). The van der Waals surface area contributed by atoms with E-state index >= 15 is 0 Å². The van der Waals surface area contributed by atoms with Crippen LogP contribution in [-0.2, 0) is 12.8 Å². The molecule has 5 heteroatoms. The van der Waals surface area contributed by atoms with E-state index in [2.05, 4.69) is 27.0 Å². The van der Waals surface area contributed by atoms with E-state index in [1.54, 1.807) is 25.1 Å². The third-order valence-corrected chi connectivity index (χ3v) is 3.98. The van der Waals surface area contributed by atoms with Crippen LogP contribution in [0.5, 0.6) is 5.75 Å². The second kappa shape index (κ2) is 5.60. The Kier molecular flexibility index (Phi) is 4.12. The number of hydrogen-bond acceptors (Lipinski definition) is 3. The van der Waals surface area contributed by atoms with E-state index in [4.69, 9.17) is 4.74 Å². The Morgan fingerprint density at radius 2 is 2.29 bits per heavy atom. The average molecular weight is 313 g/mol. The molecule has 1 heterocycles. The van der Waals surface area contributed by atoms with E-state index in [-0.39, 0.29) is 0 Å². The Morgan fingerprint density at radius 3 is 2.94 bits per heavy atom. The minimum Gasteiger partial charge on any atom is -0.496 e. The topological polar surface area (TPSA) is 27.1 Å². The van der Waals surface area contributed by atoms with Crippen LogP contribution in [0, 0.1) is 0 Å². The molecule has 0 unspecified atom stereocenters. The third-order valence-electron chi connectivity index (χ3n) is 2.38. The Labute approximate surface area is 113 Å². The molecule has 0 saturated heterocycles. The van der Waals surface area contributed by atoms with Crippen LogP contribution in [0.3, 0.4) is 0 Å². The molecule has 0 aliphatic carbocycles. The molecule has 3 nitrogen and oxygen atoms in total. The van der Waals surface area contributed by atoms with E-state index in [1.165, 1.54) is 0 Å². The van der Waals surface area contributed by atoms with Gasteiger partial charge in [-0.2, -0.15) is 0 Å². The Morgan fingerprint density at radius 1 is 1.47 bits per heavy atom. The normalized spacial score (nSPS) is 10.5. The lowest BCUT2D eigenvalue weighted by atomic mass is 10.2. The van der Waals surface area contributed by atoms with Crippen LogP contribution >= 0.6 is 27.7 Å². The summed E-state index contributed by atoms with van der Waals surface area (Å²) in [6.07, 6.45) is 3.75. The Balaban J connectivity index is 2.13. The maximum atomic E-state index is 5.34. The number of nitrogens with zero attached hydrogens (tertiary/aromatic N) is 2. The number of aromatic nitrogens is 2. The van der Waals surface area contributed by atoms with E-state index in [0.29, 0.717) is 0 Å². The van der Waals surface area contributed by atoms with Gasteiger partial charge >= 0.3 is 0 Å². The van der Waals surface area contributed by atoms with Gasteiger partial charge in [0.2, 0.25) is 0 Å². The van der Waals surface area contributed by atoms with Gasteiger partial charge in [-0.1, -0.05) is 27.7 Å². The number of rotatable bonds is 4. The van der Waals surface area contributed by atoms with E-state index < -0.39 is 0 Å². The van der Waals surface area contributed by atoms with Crippen molar-refractivity contribution in [3.8, 4) is 5.75 Å². The van der Waals surface area contributed by atoms with Crippen molar-refractivity contribution in [3.05, 3.63) is 40.6 Å². The van der Waals surface area contributed by atoms with Gasteiger partial charge in [-0.05, 0) is 18.2 Å². The van der Waals surface area contributed by atoms with Crippen LogP contribution in [0.2, 0.25) is 0 Å². The zero-order valence-corrected chi connectivity index (χ0v) is 12.1. The smallest absolute Gasteiger partial charge is 0.167 e. The van der Waals surface area contributed by atoms with Gasteiger partial charge in [0.05, 0.1) is 7.11 Å². The highest BCUT2D eigenvalue weighted by molar-refractivity contribution is 9.10.